The summed E-state index contributed by atoms with van der Waals surface area (Å²) in [6.07, 6.45) is 1.81. The van der Waals surface area contributed by atoms with Crippen molar-refractivity contribution >= 4 is 0 Å². The molecule has 1 atom stereocenters. The monoisotopic (exact) mass is 228 g/mol. The Hall–Kier alpha value is -1.16. The van der Waals surface area contributed by atoms with E-state index in [1.807, 2.05) is 6.08 Å². The first-order valence-electron chi connectivity index (χ1n) is 5.14. The average Bonchev–Trinajstić information content (AvgIpc) is 2.26. The second-order valence-corrected chi connectivity index (χ2v) is 4.25. The molecule has 0 aromatic carbocycles. The molecule has 0 radical (unpaired) electrons. The highest BCUT2D eigenvalue weighted by atomic mass is 16.6. The number of rotatable bonds is 4. The molecule has 0 spiro atoms. The van der Waals surface area contributed by atoms with Crippen LogP contribution in [0.2, 0.25) is 0 Å². The van der Waals surface area contributed by atoms with Crippen LogP contribution < -0.4 is 0 Å². The Morgan fingerprint density at radius 3 is 2.00 bits per heavy atom. The summed E-state index contributed by atoms with van der Waals surface area (Å²) in [7, 11) is 6.47. The number of methoxy groups -OCH3 is 4. The van der Waals surface area contributed by atoms with Crippen molar-refractivity contribution in [2.24, 2.45) is 5.41 Å². The van der Waals surface area contributed by atoms with E-state index in [2.05, 4.69) is 13.8 Å². The van der Waals surface area contributed by atoms with Gasteiger partial charge in [0.2, 0.25) is 5.76 Å². The van der Waals surface area contributed by atoms with Gasteiger partial charge in [0.25, 0.3) is 0 Å². The molecule has 0 bridgehead atoms. The Morgan fingerprint density at radius 2 is 1.62 bits per heavy atom. The predicted molar refractivity (Wildman–Crippen MR) is 60.7 cm³/mol. The summed E-state index contributed by atoms with van der Waals surface area (Å²) in [5.74, 6) is 1.93. The second kappa shape index (κ2) is 4.78. The molecular formula is C12H20O4. The second-order valence-electron chi connectivity index (χ2n) is 4.25. The van der Waals surface area contributed by atoms with Crippen LogP contribution in [0.4, 0.5) is 0 Å². The van der Waals surface area contributed by atoms with E-state index < -0.39 is 0 Å². The third kappa shape index (κ3) is 2.02. The molecule has 1 unspecified atom stereocenters. The lowest BCUT2D eigenvalue weighted by atomic mass is 9.81. The van der Waals surface area contributed by atoms with Crippen LogP contribution in [0.3, 0.4) is 0 Å². The third-order valence-electron chi connectivity index (χ3n) is 2.74. The zero-order chi connectivity index (χ0) is 12.3. The molecule has 4 heteroatoms. The minimum Gasteiger partial charge on any atom is -0.494 e. The summed E-state index contributed by atoms with van der Waals surface area (Å²) < 4.78 is 21.4. The van der Waals surface area contributed by atoms with Crippen LogP contribution in [0.15, 0.2) is 23.4 Å². The van der Waals surface area contributed by atoms with E-state index >= 15 is 0 Å². The zero-order valence-electron chi connectivity index (χ0n) is 10.8. The fourth-order valence-corrected chi connectivity index (χ4v) is 2.02. The van der Waals surface area contributed by atoms with Gasteiger partial charge in [-0.15, -0.1) is 0 Å². The first-order chi connectivity index (χ1) is 7.51. The highest BCUT2D eigenvalue weighted by Crippen LogP contribution is 2.39. The molecule has 0 fully saturated rings. The molecule has 1 rings (SSSR count). The van der Waals surface area contributed by atoms with Gasteiger partial charge >= 0.3 is 0 Å². The Labute approximate surface area is 96.8 Å². The summed E-state index contributed by atoms with van der Waals surface area (Å²) in [5, 5.41) is 0. The molecule has 0 saturated carbocycles. The normalized spacial score (nSPS) is 23.9. The Kier molecular flexibility index (Phi) is 3.86. The van der Waals surface area contributed by atoms with Gasteiger partial charge in [-0.1, -0.05) is 13.8 Å². The van der Waals surface area contributed by atoms with Gasteiger partial charge in [0.05, 0.1) is 21.3 Å². The van der Waals surface area contributed by atoms with Crippen molar-refractivity contribution in [1.82, 2.24) is 0 Å². The molecule has 16 heavy (non-hydrogen) atoms. The van der Waals surface area contributed by atoms with Crippen molar-refractivity contribution in [1.29, 1.82) is 0 Å². The van der Waals surface area contributed by atoms with E-state index in [0.29, 0.717) is 17.3 Å². The molecule has 1 aliphatic rings. The maximum Gasteiger partial charge on any atom is 0.201 e. The van der Waals surface area contributed by atoms with Crippen molar-refractivity contribution in [3.8, 4) is 0 Å². The minimum absolute atomic E-state index is 0.175. The van der Waals surface area contributed by atoms with E-state index in [1.54, 1.807) is 28.4 Å². The molecular weight excluding hydrogens is 208 g/mol. The van der Waals surface area contributed by atoms with E-state index in [1.165, 1.54) is 0 Å². The number of hydrogen-bond acceptors (Lipinski definition) is 4. The van der Waals surface area contributed by atoms with Crippen LogP contribution in [0.5, 0.6) is 0 Å². The summed E-state index contributed by atoms with van der Waals surface area (Å²) in [6, 6.07) is 0. The lowest BCUT2D eigenvalue weighted by Crippen LogP contribution is -2.36. The molecule has 4 nitrogen and oxygen atoms in total. The van der Waals surface area contributed by atoms with Gasteiger partial charge in [-0.05, 0) is 6.08 Å². The van der Waals surface area contributed by atoms with Gasteiger partial charge in [0, 0.05) is 12.5 Å². The van der Waals surface area contributed by atoms with Crippen molar-refractivity contribution in [2.45, 2.75) is 20.0 Å². The third-order valence-corrected chi connectivity index (χ3v) is 2.74. The standard InChI is InChI=1S/C12H20O4/c1-12(2)7-8(13-3)9(14-4)10(15-5)11(12)16-6/h7,11H,1-6H3. The van der Waals surface area contributed by atoms with Crippen LogP contribution in [0, 0.1) is 5.41 Å². The predicted octanol–water partition coefficient (Wildman–Crippen LogP) is 2.08. The highest BCUT2D eigenvalue weighted by molar-refractivity contribution is 5.34. The summed E-state index contributed by atoms with van der Waals surface area (Å²) in [5.41, 5.74) is -0.201. The van der Waals surface area contributed by atoms with Gasteiger partial charge in [-0.3, -0.25) is 0 Å². The van der Waals surface area contributed by atoms with Crippen molar-refractivity contribution in [2.75, 3.05) is 28.4 Å². The summed E-state index contributed by atoms with van der Waals surface area (Å²) in [4.78, 5) is 0. The van der Waals surface area contributed by atoms with Crippen molar-refractivity contribution < 1.29 is 18.9 Å². The molecule has 0 aliphatic heterocycles. The Balaban J connectivity index is 3.27. The molecule has 0 aromatic heterocycles. The fourth-order valence-electron chi connectivity index (χ4n) is 2.02. The molecule has 0 N–H and O–H groups in total. The van der Waals surface area contributed by atoms with E-state index in [0.717, 1.165) is 0 Å². The van der Waals surface area contributed by atoms with Crippen LogP contribution >= 0.6 is 0 Å². The van der Waals surface area contributed by atoms with Crippen LogP contribution in [0.1, 0.15) is 13.8 Å². The van der Waals surface area contributed by atoms with Crippen LogP contribution in [-0.2, 0) is 18.9 Å². The minimum atomic E-state index is -0.201. The van der Waals surface area contributed by atoms with Crippen LogP contribution in [0.25, 0.3) is 0 Å². The van der Waals surface area contributed by atoms with E-state index in [4.69, 9.17) is 18.9 Å². The molecule has 0 amide bonds. The summed E-state index contributed by atoms with van der Waals surface area (Å²) >= 11 is 0. The van der Waals surface area contributed by atoms with Gasteiger partial charge in [-0.2, -0.15) is 0 Å². The van der Waals surface area contributed by atoms with Gasteiger partial charge in [0.15, 0.2) is 11.5 Å². The molecule has 0 saturated heterocycles. The zero-order valence-corrected chi connectivity index (χ0v) is 10.8. The number of ether oxygens (including phenoxy) is 4. The lowest BCUT2D eigenvalue weighted by molar-refractivity contribution is 0.00132. The summed E-state index contributed by atoms with van der Waals surface area (Å²) in [6.45, 7) is 4.12. The average molecular weight is 228 g/mol. The van der Waals surface area contributed by atoms with Gasteiger partial charge in [-0.25, -0.2) is 0 Å². The lowest BCUT2D eigenvalue weighted by Gasteiger charge is -2.36. The smallest absolute Gasteiger partial charge is 0.201 e. The van der Waals surface area contributed by atoms with E-state index in [-0.39, 0.29) is 11.5 Å². The largest absolute Gasteiger partial charge is 0.494 e. The van der Waals surface area contributed by atoms with Crippen molar-refractivity contribution in [3.63, 3.8) is 0 Å². The van der Waals surface area contributed by atoms with Gasteiger partial charge in [0.1, 0.15) is 6.10 Å². The molecule has 92 valence electrons. The fraction of sp³-hybridized carbons (Fsp3) is 0.667. The maximum atomic E-state index is 5.47. The van der Waals surface area contributed by atoms with Crippen molar-refractivity contribution in [3.05, 3.63) is 23.4 Å². The number of hydrogen-bond donors (Lipinski definition) is 0. The Bertz CT molecular complexity index is 315. The molecule has 0 aromatic rings. The highest BCUT2D eigenvalue weighted by Gasteiger charge is 2.40. The SMILES string of the molecule is COC1=CC(C)(C)C(OC)C(OC)=C1OC. The maximum absolute atomic E-state index is 5.47. The molecule has 0 heterocycles. The van der Waals surface area contributed by atoms with E-state index in [9.17, 15) is 0 Å². The quantitative estimate of drug-likeness (QED) is 0.738. The first-order valence-corrected chi connectivity index (χ1v) is 5.14. The van der Waals surface area contributed by atoms with Crippen LogP contribution in [-0.4, -0.2) is 34.5 Å². The topological polar surface area (TPSA) is 36.9 Å². The first kappa shape index (κ1) is 12.9. The van der Waals surface area contributed by atoms with Gasteiger partial charge < -0.3 is 18.9 Å². The Morgan fingerprint density at radius 1 is 1.00 bits per heavy atom. The molecule has 1 aliphatic carbocycles.